The van der Waals surface area contributed by atoms with Crippen LogP contribution >= 0.6 is 0 Å². The van der Waals surface area contributed by atoms with Crippen LogP contribution in [0, 0.1) is 0 Å². The standard InChI is InChI=1S/C25H27NO9/c1-5-33-23(30)25(24(31)34-6-2,26-21(28)17-10-8-7-9-11-17)15-19-13-12-18(22(29)32-4)14-20(19)35-16(3)27/h7-14H,5-6,15H2,1-4H3,(H,26,28). The second-order valence-corrected chi connectivity index (χ2v) is 7.25. The molecule has 35 heavy (non-hydrogen) atoms. The Morgan fingerprint density at radius 1 is 0.857 bits per heavy atom. The number of nitrogens with one attached hydrogen (secondary N) is 1. The lowest BCUT2D eigenvalue weighted by molar-refractivity contribution is -0.165. The average Bonchev–Trinajstić information content (AvgIpc) is 2.84. The summed E-state index contributed by atoms with van der Waals surface area (Å²) in [4.78, 5) is 63.1. The Bertz CT molecular complexity index is 1080. The smallest absolute Gasteiger partial charge is 0.344 e. The van der Waals surface area contributed by atoms with E-state index in [9.17, 15) is 24.0 Å². The summed E-state index contributed by atoms with van der Waals surface area (Å²) < 4.78 is 20.2. The molecule has 1 N–H and O–H groups in total. The summed E-state index contributed by atoms with van der Waals surface area (Å²) in [5.41, 5.74) is -1.91. The highest BCUT2D eigenvalue weighted by Crippen LogP contribution is 2.28. The number of methoxy groups -OCH3 is 1. The second kappa shape index (κ2) is 12.3. The van der Waals surface area contributed by atoms with Gasteiger partial charge in [-0.25, -0.2) is 14.4 Å². The number of amides is 1. The fourth-order valence-electron chi connectivity index (χ4n) is 3.22. The van der Waals surface area contributed by atoms with Crippen LogP contribution in [0.15, 0.2) is 48.5 Å². The van der Waals surface area contributed by atoms with Gasteiger partial charge in [-0.15, -0.1) is 0 Å². The van der Waals surface area contributed by atoms with E-state index in [1.165, 1.54) is 37.4 Å². The predicted octanol–water partition coefficient (Wildman–Crippen LogP) is 2.24. The van der Waals surface area contributed by atoms with Crippen molar-refractivity contribution in [3.63, 3.8) is 0 Å². The van der Waals surface area contributed by atoms with E-state index in [1.54, 1.807) is 32.0 Å². The molecule has 0 spiro atoms. The molecule has 0 saturated heterocycles. The average molecular weight is 485 g/mol. The van der Waals surface area contributed by atoms with Crippen molar-refractivity contribution in [2.75, 3.05) is 20.3 Å². The van der Waals surface area contributed by atoms with Crippen LogP contribution in [0.1, 0.15) is 47.1 Å². The minimum Gasteiger partial charge on any atom is -0.465 e. The number of hydrogen-bond donors (Lipinski definition) is 1. The van der Waals surface area contributed by atoms with Gasteiger partial charge in [-0.1, -0.05) is 24.3 Å². The van der Waals surface area contributed by atoms with Crippen LogP contribution < -0.4 is 10.1 Å². The van der Waals surface area contributed by atoms with Crippen molar-refractivity contribution in [1.29, 1.82) is 0 Å². The zero-order valence-electron chi connectivity index (χ0n) is 19.9. The van der Waals surface area contributed by atoms with E-state index in [-0.39, 0.29) is 35.7 Å². The second-order valence-electron chi connectivity index (χ2n) is 7.25. The van der Waals surface area contributed by atoms with E-state index in [1.807, 2.05) is 0 Å². The third-order valence-corrected chi connectivity index (χ3v) is 4.81. The number of hydrogen-bond acceptors (Lipinski definition) is 9. The molecule has 1 amide bonds. The quantitative estimate of drug-likeness (QED) is 0.233. The van der Waals surface area contributed by atoms with E-state index in [0.29, 0.717) is 0 Å². The Kier molecular flexibility index (Phi) is 9.51. The summed E-state index contributed by atoms with van der Waals surface area (Å²) in [7, 11) is 1.19. The van der Waals surface area contributed by atoms with E-state index in [2.05, 4.69) is 5.32 Å². The molecule has 0 aliphatic carbocycles. The molecule has 0 bridgehead atoms. The SMILES string of the molecule is CCOC(=O)C(Cc1ccc(C(=O)OC)cc1OC(C)=O)(NC(=O)c1ccccc1)C(=O)OCC. The number of carbonyl (C=O) groups is 5. The molecule has 10 heteroatoms. The van der Waals surface area contributed by atoms with Gasteiger partial charge in [0.25, 0.3) is 5.91 Å². The van der Waals surface area contributed by atoms with Crippen LogP contribution in [0.3, 0.4) is 0 Å². The van der Waals surface area contributed by atoms with E-state index in [4.69, 9.17) is 18.9 Å². The number of benzene rings is 2. The molecule has 0 saturated carbocycles. The molecule has 186 valence electrons. The van der Waals surface area contributed by atoms with Crippen molar-refractivity contribution in [3.05, 3.63) is 65.2 Å². The fourth-order valence-corrected chi connectivity index (χ4v) is 3.22. The largest absolute Gasteiger partial charge is 0.465 e. The summed E-state index contributed by atoms with van der Waals surface area (Å²) in [5.74, 6) is -4.36. The van der Waals surface area contributed by atoms with E-state index in [0.717, 1.165) is 6.92 Å². The maximum absolute atomic E-state index is 13.2. The molecule has 0 radical (unpaired) electrons. The van der Waals surface area contributed by atoms with Crippen LogP contribution in [-0.4, -0.2) is 55.6 Å². The van der Waals surface area contributed by atoms with Crippen molar-refractivity contribution in [2.24, 2.45) is 0 Å². The summed E-state index contributed by atoms with van der Waals surface area (Å²) in [6.07, 6.45) is -0.493. The van der Waals surface area contributed by atoms with Crippen LogP contribution in [0.4, 0.5) is 0 Å². The summed E-state index contributed by atoms with van der Waals surface area (Å²) in [6.45, 7) is 4.07. The van der Waals surface area contributed by atoms with Crippen LogP contribution in [0.2, 0.25) is 0 Å². The third-order valence-electron chi connectivity index (χ3n) is 4.81. The van der Waals surface area contributed by atoms with Crippen LogP contribution in [-0.2, 0) is 35.0 Å². The first-order valence-electron chi connectivity index (χ1n) is 10.8. The Hall–Kier alpha value is -4.21. The molecule has 2 rings (SSSR count). The molecule has 0 fully saturated rings. The lowest BCUT2D eigenvalue weighted by Gasteiger charge is -2.30. The molecule has 0 aliphatic rings. The number of ether oxygens (including phenoxy) is 4. The fraction of sp³-hybridized carbons (Fsp3) is 0.320. The van der Waals surface area contributed by atoms with Gasteiger partial charge in [0.2, 0.25) is 5.54 Å². The minimum absolute atomic E-state index is 0.0682. The van der Waals surface area contributed by atoms with Crippen molar-refractivity contribution in [3.8, 4) is 5.75 Å². The van der Waals surface area contributed by atoms with Crippen molar-refractivity contribution >= 4 is 29.8 Å². The number of esters is 4. The van der Waals surface area contributed by atoms with Crippen molar-refractivity contribution in [2.45, 2.75) is 32.7 Å². The molecule has 0 aromatic heterocycles. The first-order chi connectivity index (χ1) is 16.7. The van der Waals surface area contributed by atoms with Gasteiger partial charge in [-0.2, -0.15) is 0 Å². The zero-order chi connectivity index (χ0) is 26.0. The van der Waals surface area contributed by atoms with Gasteiger partial charge in [0.15, 0.2) is 0 Å². The van der Waals surface area contributed by atoms with Gasteiger partial charge < -0.3 is 24.3 Å². The van der Waals surface area contributed by atoms with E-state index >= 15 is 0 Å². The molecule has 2 aromatic rings. The Balaban J connectivity index is 2.65. The summed E-state index contributed by atoms with van der Waals surface area (Å²) in [6, 6.07) is 11.9. The van der Waals surface area contributed by atoms with Crippen LogP contribution in [0.25, 0.3) is 0 Å². The molecular formula is C25H27NO9. The predicted molar refractivity (Wildman–Crippen MR) is 123 cm³/mol. The number of rotatable bonds is 10. The van der Waals surface area contributed by atoms with Gasteiger partial charge in [0.05, 0.1) is 25.9 Å². The van der Waals surface area contributed by atoms with Gasteiger partial charge in [0, 0.05) is 18.9 Å². The maximum Gasteiger partial charge on any atom is 0.344 e. The van der Waals surface area contributed by atoms with Gasteiger partial charge in [0.1, 0.15) is 5.75 Å². The minimum atomic E-state index is -2.32. The Morgan fingerprint density at radius 2 is 1.46 bits per heavy atom. The molecule has 10 nitrogen and oxygen atoms in total. The first-order valence-corrected chi connectivity index (χ1v) is 10.8. The highest BCUT2D eigenvalue weighted by molar-refractivity contribution is 6.10. The number of carbonyl (C=O) groups excluding carboxylic acids is 5. The third kappa shape index (κ3) is 6.66. The molecule has 0 heterocycles. The summed E-state index contributed by atoms with van der Waals surface area (Å²) >= 11 is 0. The lowest BCUT2D eigenvalue weighted by Crippen LogP contribution is -2.63. The summed E-state index contributed by atoms with van der Waals surface area (Å²) in [5, 5.41) is 2.47. The van der Waals surface area contributed by atoms with Gasteiger partial charge >= 0.3 is 23.9 Å². The highest BCUT2D eigenvalue weighted by atomic mass is 16.6. The van der Waals surface area contributed by atoms with Crippen molar-refractivity contribution in [1.82, 2.24) is 5.32 Å². The molecule has 0 unspecified atom stereocenters. The van der Waals surface area contributed by atoms with Gasteiger partial charge in [-0.05, 0) is 43.7 Å². The van der Waals surface area contributed by atoms with Gasteiger partial charge in [-0.3, -0.25) is 9.59 Å². The highest BCUT2D eigenvalue weighted by Gasteiger charge is 2.51. The molecule has 2 aromatic carbocycles. The van der Waals surface area contributed by atoms with Crippen molar-refractivity contribution < 1.29 is 42.9 Å². The monoisotopic (exact) mass is 485 g/mol. The first kappa shape index (κ1) is 27.0. The molecule has 0 aliphatic heterocycles. The molecule has 0 atom stereocenters. The molecular weight excluding hydrogens is 458 g/mol. The van der Waals surface area contributed by atoms with E-state index < -0.39 is 41.7 Å². The Morgan fingerprint density at radius 3 is 1.97 bits per heavy atom. The normalized spacial score (nSPS) is 10.6. The topological polar surface area (TPSA) is 134 Å². The van der Waals surface area contributed by atoms with Crippen LogP contribution in [0.5, 0.6) is 5.75 Å². The lowest BCUT2D eigenvalue weighted by atomic mass is 9.89. The zero-order valence-corrected chi connectivity index (χ0v) is 19.9. The maximum atomic E-state index is 13.2. The Labute approximate surface area is 202 Å².